The summed E-state index contributed by atoms with van der Waals surface area (Å²) in [6, 6.07) is 2.89. The Kier molecular flexibility index (Phi) is 7.77. The van der Waals surface area contributed by atoms with Crippen LogP contribution >= 0.6 is 0 Å². The highest BCUT2D eigenvalue weighted by Crippen LogP contribution is 2.36. The van der Waals surface area contributed by atoms with Gasteiger partial charge >= 0.3 is 6.18 Å². The number of amidine groups is 1. The number of anilines is 1. The molecule has 0 radical (unpaired) electrons. The lowest BCUT2D eigenvalue weighted by Gasteiger charge is -2.34. The lowest BCUT2D eigenvalue weighted by molar-refractivity contribution is -0.137. The molecule has 1 aromatic rings. The number of benzene rings is 1. The van der Waals surface area contributed by atoms with Gasteiger partial charge in [0.25, 0.3) is 5.91 Å². The Bertz CT molecular complexity index is 1220. The van der Waals surface area contributed by atoms with E-state index in [1.807, 2.05) is 0 Å². The van der Waals surface area contributed by atoms with E-state index < -0.39 is 45.4 Å². The van der Waals surface area contributed by atoms with Gasteiger partial charge in [-0.3, -0.25) is 14.6 Å². The Labute approximate surface area is 212 Å². The summed E-state index contributed by atoms with van der Waals surface area (Å²) in [7, 11) is -4.07. The standard InChI is InChI=1S/C24H29F3N4O5S/c25-24(26,27)19-14-18(28-20(33)15-32)7-6-16(19)8-13-37(35,36)31-11-9-23(10-12-31)22(34)29-21(30-23)17-4-2-1-3-5-17/h6-8,13-14,17,32H,1-5,9-12,15H2,(H,28,33)(H,29,30,34). The first-order chi connectivity index (χ1) is 17.4. The molecule has 1 spiro atoms. The van der Waals surface area contributed by atoms with E-state index in [2.05, 4.69) is 10.6 Å². The Balaban J connectivity index is 1.47. The molecule has 13 heteroatoms. The van der Waals surface area contributed by atoms with Crippen LogP contribution in [0.15, 0.2) is 28.6 Å². The molecular weight excluding hydrogens is 513 g/mol. The van der Waals surface area contributed by atoms with Crippen molar-refractivity contribution in [1.29, 1.82) is 0 Å². The maximum atomic E-state index is 13.6. The second-order valence-electron chi connectivity index (χ2n) is 9.57. The predicted molar refractivity (Wildman–Crippen MR) is 131 cm³/mol. The average molecular weight is 543 g/mol. The molecule has 0 unspecified atom stereocenters. The van der Waals surface area contributed by atoms with Crippen molar-refractivity contribution in [3.63, 3.8) is 0 Å². The van der Waals surface area contributed by atoms with Gasteiger partial charge in [-0.1, -0.05) is 25.3 Å². The smallest absolute Gasteiger partial charge is 0.387 e. The normalized spacial score (nSPS) is 21.3. The summed E-state index contributed by atoms with van der Waals surface area (Å²) in [5.74, 6) is -0.191. The zero-order valence-electron chi connectivity index (χ0n) is 20.1. The van der Waals surface area contributed by atoms with Gasteiger partial charge in [-0.2, -0.15) is 17.5 Å². The number of sulfonamides is 1. The van der Waals surface area contributed by atoms with E-state index in [1.165, 1.54) is 6.07 Å². The number of aliphatic hydroxyl groups is 1. The van der Waals surface area contributed by atoms with Crippen LogP contribution in [0.1, 0.15) is 56.1 Å². The molecule has 0 atom stereocenters. The van der Waals surface area contributed by atoms with Gasteiger partial charge in [0.05, 0.1) is 5.56 Å². The SMILES string of the molecule is O=C(CO)Nc1ccc(C=CS(=O)(=O)N2CCC3(CC2)N=C(C2CCCCC2)NC3=O)c(C(F)(F)F)c1. The van der Waals surface area contributed by atoms with Crippen LogP contribution in [0.4, 0.5) is 18.9 Å². The van der Waals surface area contributed by atoms with E-state index in [4.69, 9.17) is 10.1 Å². The zero-order valence-corrected chi connectivity index (χ0v) is 20.9. The van der Waals surface area contributed by atoms with Crippen LogP contribution in [0.2, 0.25) is 0 Å². The maximum Gasteiger partial charge on any atom is 0.417 e. The first-order valence-corrected chi connectivity index (χ1v) is 13.7. The third-order valence-electron chi connectivity index (χ3n) is 7.11. The average Bonchev–Trinajstić information content (AvgIpc) is 3.18. The van der Waals surface area contributed by atoms with Gasteiger partial charge in [-0.15, -0.1) is 0 Å². The zero-order chi connectivity index (χ0) is 26.8. The third-order valence-corrected chi connectivity index (χ3v) is 8.67. The summed E-state index contributed by atoms with van der Waals surface area (Å²) >= 11 is 0. The molecule has 2 heterocycles. The van der Waals surface area contributed by atoms with E-state index in [0.717, 1.165) is 48.6 Å². The van der Waals surface area contributed by atoms with Crippen molar-refractivity contribution < 1.29 is 36.3 Å². The monoisotopic (exact) mass is 542 g/mol. The topological polar surface area (TPSA) is 128 Å². The number of carbonyl (C=O) groups excluding carboxylic acids is 2. The number of hydrogen-bond donors (Lipinski definition) is 3. The first kappa shape index (κ1) is 27.3. The van der Waals surface area contributed by atoms with Gasteiger partial charge in [-0.05, 0) is 49.5 Å². The van der Waals surface area contributed by atoms with E-state index >= 15 is 0 Å². The number of alkyl halides is 3. The highest BCUT2D eigenvalue weighted by Gasteiger charge is 2.48. The summed E-state index contributed by atoms with van der Waals surface area (Å²) in [4.78, 5) is 28.8. The molecule has 1 aromatic carbocycles. The first-order valence-electron chi connectivity index (χ1n) is 12.1. The molecule has 2 amide bonds. The highest BCUT2D eigenvalue weighted by molar-refractivity contribution is 7.92. The molecule has 1 saturated heterocycles. The summed E-state index contributed by atoms with van der Waals surface area (Å²) < 4.78 is 67.7. The Morgan fingerprint density at radius 1 is 1.22 bits per heavy atom. The van der Waals surface area contributed by atoms with Crippen LogP contribution in [0, 0.1) is 5.92 Å². The fourth-order valence-electron chi connectivity index (χ4n) is 5.03. The minimum atomic E-state index is -4.81. The van der Waals surface area contributed by atoms with Crippen molar-refractivity contribution in [3.05, 3.63) is 34.7 Å². The van der Waals surface area contributed by atoms with Crippen LogP contribution in [0.5, 0.6) is 0 Å². The molecule has 0 aromatic heterocycles. The number of nitrogens with zero attached hydrogens (tertiary/aromatic N) is 2. The number of aliphatic imine (C=N–C) groups is 1. The number of amides is 2. The van der Waals surface area contributed by atoms with Crippen LogP contribution in [-0.2, 0) is 25.8 Å². The number of aliphatic hydroxyl groups excluding tert-OH is 1. The molecule has 1 aliphatic carbocycles. The quantitative estimate of drug-likeness (QED) is 0.509. The Morgan fingerprint density at radius 2 is 1.89 bits per heavy atom. The molecule has 3 aliphatic rings. The predicted octanol–water partition coefficient (Wildman–Crippen LogP) is 2.88. The number of piperidine rings is 1. The van der Waals surface area contributed by atoms with Crippen LogP contribution in [-0.4, -0.2) is 60.7 Å². The van der Waals surface area contributed by atoms with Gasteiger partial charge in [0, 0.05) is 30.1 Å². The summed E-state index contributed by atoms with van der Waals surface area (Å²) in [5, 5.41) is 14.5. The lowest BCUT2D eigenvalue weighted by atomic mass is 9.88. The van der Waals surface area contributed by atoms with Crippen molar-refractivity contribution in [2.75, 3.05) is 25.0 Å². The molecule has 1 saturated carbocycles. The summed E-state index contributed by atoms with van der Waals surface area (Å²) in [6.45, 7) is -0.868. The van der Waals surface area contributed by atoms with Gasteiger partial charge in [0.2, 0.25) is 15.9 Å². The number of hydrogen-bond acceptors (Lipinski definition) is 6. The Morgan fingerprint density at radius 3 is 2.51 bits per heavy atom. The molecule has 9 nitrogen and oxygen atoms in total. The van der Waals surface area contributed by atoms with Crippen LogP contribution in [0.25, 0.3) is 6.08 Å². The molecular formula is C24H29F3N4O5S. The molecule has 3 N–H and O–H groups in total. The fourth-order valence-corrected chi connectivity index (χ4v) is 6.21. The number of nitrogens with one attached hydrogen (secondary N) is 2. The van der Waals surface area contributed by atoms with Crippen molar-refractivity contribution in [3.8, 4) is 0 Å². The van der Waals surface area contributed by atoms with Crippen molar-refractivity contribution >= 4 is 39.4 Å². The Hall–Kier alpha value is -2.77. The van der Waals surface area contributed by atoms with Crippen LogP contribution < -0.4 is 10.6 Å². The largest absolute Gasteiger partial charge is 0.417 e. The third kappa shape index (κ3) is 6.04. The number of carbonyl (C=O) groups is 2. The van der Waals surface area contributed by atoms with E-state index in [1.54, 1.807) is 0 Å². The summed E-state index contributed by atoms with van der Waals surface area (Å²) in [5.41, 5.74) is -2.72. The van der Waals surface area contributed by atoms with Crippen molar-refractivity contribution in [1.82, 2.24) is 9.62 Å². The van der Waals surface area contributed by atoms with Crippen molar-refractivity contribution in [2.45, 2.75) is 56.7 Å². The molecule has 2 aliphatic heterocycles. The molecule has 2 fully saturated rings. The molecule has 37 heavy (non-hydrogen) atoms. The fraction of sp³-hybridized carbons (Fsp3) is 0.542. The van der Waals surface area contributed by atoms with Gasteiger partial charge in [0.15, 0.2) is 0 Å². The second-order valence-corrected chi connectivity index (χ2v) is 11.4. The number of halogens is 3. The highest BCUT2D eigenvalue weighted by atomic mass is 32.2. The van der Waals surface area contributed by atoms with Gasteiger partial charge in [0.1, 0.15) is 18.0 Å². The minimum Gasteiger partial charge on any atom is -0.387 e. The van der Waals surface area contributed by atoms with Gasteiger partial charge < -0.3 is 15.7 Å². The molecule has 0 bridgehead atoms. The minimum absolute atomic E-state index is 0.0137. The summed E-state index contributed by atoms with van der Waals surface area (Å²) in [6.07, 6.45) is 1.70. The second kappa shape index (κ2) is 10.5. The molecule has 4 rings (SSSR count). The number of rotatable bonds is 6. The van der Waals surface area contributed by atoms with E-state index in [0.29, 0.717) is 17.3 Å². The van der Waals surface area contributed by atoms with Gasteiger partial charge in [-0.25, -0.2) is 8.42 Å². The van der Waals surface area contributed by atoms with Crippen LogP contribution in [0.3, 0.4) is 0 Å². The molecule has 202 valence electrons. The van der Waals surface area contributed by atoms with Crippen molar-refractivity contribution in [2.24, 2.45) is 10.9 Å². The van der Waals surface area contributed by atoms with E-state index in [-0.39, 0.29) is 43.4 Å². The van der Waals surface area contributed by atoms with E-state index in [9.17, 15) is 31.2 Å². The lowest BCUT2D eigenvalue weighted by Crippen LogP contribution is -2.50. The maximum absolute atomic E-state index is 13.6.